The third-order valence-electron chi connectivity index (χ3n) is 4.97. The van der Waals surface area contributed by atoms with Crippen LogP contribution in [0.4, 0.5) is 4.39 Å². The van der Waals surface area contributed by atoms with Crippen LogP contribution in [0.1, 0.15) is 37.7 Å². The van der Waals surface area contributed by atoms with E-state index in [4.69, 9.17) is 5.73 Å². The van der Waals surface area contributed by atoms with Crippen molar-refractivity contribution in [3.8, 4) is 0 Å². The summed E-state index contributed by atoms with van der Waals surface area (Å²) in [5.41, 5.74) is 7.08. The SMILES string of the molecule is NC1CCCN(C(=O)C2CCCCN2Cc2ccc(F)cc2)C1. The standard InChI is InChI=1S/C18H26FN3O/c19-15-8-6-14(7-9-15)12-21-10-2-1-5-17(21)18(23)22-11-3-4-16(20)13-22/h6-9,16-17H,1-5,10-13,20H2. The molecule has 2 saturated heterocycles. The highest BCUT2D eigenvalue weighted by atomic mass is 19.1. The second-order valence-electron chi connectivity index (χ2n) is 6.80. The fourth-order valence-electron chi connectivity index (χ4n) is 3.71. The predicted octanol–water partition coefficient (Wildman–Crippen LogP) is 2.13. The van der Waals surface area contributed by atoms with Crippen LogP contribution in [0, 0.1) is 5.82 Å². The van der Waals surface area contributed by atoms with E-state index in [0.717, 1.165) is 50.8 Å². The summed E-state index contributed by atoms with van der Waals surface area (Å²) in [5, 5.41) is 0. The molecule has 1 aromatic rings. The van der Waals surface area contributed by atoms with Crippen LogP contribution in [0.2, 0.25) is 0 Å². The zero-order chi connectivity index (χ0) is 16.2. The van der Waals surface area contributed by atoms with Crippen molar-refractivity contribution in [2.75, 3.05) is 19.6 Å². The number of hydrogen-bond donors (Lipinski definition) is 1. The maximum absolute atomic E-state index is 13.1. The molecule has 3 rings (SSSR count). The molecule has 0 saturated carbocycles. The summed E-state index contributed by atoms with van der Waals surface area (Å²) in [4.78, 5) is 17.1. The van der Waals surface area contributed by atoms with E-state index in [0.29, 0.717) is 13.1 Å². The van der Waals surface area contributed by atoms with E-state index in [1.807, 2.05) is 17.0 Å². The van der Waals surface area contributed by atoms with Gasteiger partial charge in [0.15, 0.2) is 0 Å². The van der Waals surface area contributed by atoms with Crippen LogP contribution in [-0.2, 0) is 11.3 Å². The van der Waals surface area contributed by atoms with Gasteiger partial charge in [-0.2, -0.15) is 0 Å². The summed E-state index contributed by atoms with van der Waals surface area (Å²) in [6.45, 7) is 3.14. The fourth-order valence-corrected chi connectivity index (χ4v) is 3.71. The summed E-state index contributed by atoms with van der Waals surface area (Å²) in [7, 11) is 0. The molecule has 0 radical (unpaired) electrons. The minimum absolute atomic E-state index is 0.0564. The molecule has 23 heavy (non-hydrogen) atoms. The normalized spacial score (nSPS) is 26.3. The minimum atomic E-state index is -0.220. The summed E-state index contributed by atoms with van der Waals surface area (Å²) in [6.07, 6.45) is 5.12. The Hall–Kier alpha value is -1.46. The third-order valence-corrected chi connectivity index (χ3v) is 4.97. The predicted molar refractivity (Wildman–Crippen MR) is 88.2 cm³/mol. The van der Waals surface area contributed by atoms with Crippen molar-refractivity contribution < 1.29 is 9.18 Å². The number of piperidine rings is 2. The Bertz CT molecular complexity index is 534. The molecule has 0 bridgehead atoms. The molecule has 1 amide bonds. The molecule has 2 aliphatic rings. The van der Waals surface area contributed by atoms with E-state index in [-0.39, 0.29) is 23.8 Å². The van der Waals surface area contributed by atoms with Gasteiger partial charge in [0, 0.05) is 25.7 Å². The van der Waals surface area contributed by atoms with Gasteiger partial charge < -0.3 is 10.6 Å². The molecule has 2 atom stereocenters. The summed E-state index contributed by atoms with van der Waals surface area (Å²) < 4.78 is 13.1. The first-order valence-corrected chi connectivity index (χ1v) is 8.66. The average Bonchev–Trinajstić information content (AvgIpc) is 2.57. The Balaban J connectivity index is 1.68. The van der Waals surface area contributed by atoms with Crippen LogP contribution >= 0.6 is 0 Å². The maximum Gasteiger partial charge on any atom is 0.239 e. The number of carbonyl (C=O) groups is 1. The molecule has 4 nitrogen and oxygen atoms in total. The van der Waals surface area contributed by atoms with Crippen LogP contribution in [0.3, 0.4) is 0 Å². The molecule has 2 N–H and O–H groups in total. The average molecular weight is 319 g/mol. The van der Waals surface area contributed by atoms with Crippen molar-refractivity contribution in [1.29, 1.82) is 0 Å². The monoisotopic (exact) mass is 319 g/mol. The van der Waals surface area contributed by atoms with Crippen molar-refractivity contribution in [3.05, 3.63) is 35.6 Å². The molecule has 2 fully saturated rings. The van der Waals surface area contributed by atoms with Crippen molar-refractivity contribution in [2.45, 2.75) is 50.7 Å². The molecule has 2 heterocycles. The largest absolute Gasteiger partial charge is 0.340 e. The van der Waals surface area contributed by atoms with E-state index < -0.39 is 0 Å². The Kier molecular flexibility index (Phi) is 5.28. The van der Waals surface area contributed by atoms with E-state index in [2.05, 4.69) is 4.90 Å². The van der Waals surface area contributed by atoms with Gasteiger partial charge in [0.25, 0.3) is 0 Å². The van der Waals surface area contributed by atoms with Crippen LogP contribution in [0.15, 0.2) is 24.3 Å². The lowest BCUT2D eigenvalue weighted by Gasteiger charge is -2.40. The summed E-state index contributed by atoms with van der Waals surface area (Å²) >= 11 is 0. The second kappa shape index (κ2) is 7.41. The lowest BCUT2D eigenvalue weighted by atomic mass is 9.98. The van der Waals surface area contributed by atoms with Gasteiger partial charge in [-0.25, -0.2) is 4.39 Å². The molecule has 2 unspecified atom stereocenters. The van der Waals surface area contributed by atoms with Crippen LogP contribution in [0.25, 0.3) is 0 Å². The quantitative estimate of drug-likeness (QED) is 0.928. The first-order chi connectivity index (χ1) is 11.1. The highest BCUT2D eigenvalue weighted by Crippen LogP contribution is 2.23. The van der Waals surface area contributed by atoms with Gasteiger partial charge in [-0.15, -0.1) is 0 Å². The number of carbonyl (C=O) groups excluding carboxylic acids is 1. The molecule has 126 valence electrons. The van der Waals surface area contributed by atoms with Crippen LogP contribution in [-0.4, -0.2) is 47.4 Å². The topological polar surface area (TPSA) is 49.6 Å². The van der Waals surface area contributed by atoms with E-state index in [1.54, 1.807) is 0 Å². The molecule has 0 aliphatic carbocycles. The fraction of sp³-hybridized carbons (Fsp3) is 0.611. The minimum Gasteiger partial charge on any atom is -0.340 e. The number of hydrogen-bond acceptors (Lipinski definition) is 3. The number of rotatable bonds is 3. The van der Waals surface area contributed by atoms with Gasteiger partial charge >= 0.3 is 0 Å². The molecule has 5 heteroatoms. The van der Waals surface area contributed by atoms with Crippen molar-refractivity contribution in [2.24, 2.45) is 5.73 Å². The van der Waals surface area contributed by atoms with Crippen LogP contribution < -0.4 is 5.73 Å². The number of amides is 1. The van der Waals surface area contributed by atoms with Gasteiger partial charge in [-0.05, 0) is 49.9 Å². The molecule has 0 spiro atoms. The highest BCUT2D eigenvalue weighted by molar-refractivity contribution is 5.82. The Morgan fingerprint density at radius 1 is 1.13 bits per heavy atom. The van der Waals surface area contributed by atoms with Gasteiger partial charge in [0.05, 0.1) is 6.04 Å². The maximum atomic E-state index is 13.1. The number of nitrogens with two attached hydrogens (primary N) is 1. The van der Waals surface area contributed by atoms with Gasteiger partial charge in [0.1, 0.15) is 5.82 Å². The number of halogens is 1. The van der Waals surface area contributed by atoms with Gasteiger partial charge in [0.2, 0.25) is 5.91 Å². The Labute approximate surface area is 137 Å². The number of likely N-dealkylation sites (tertiary alicyclic amines) is 2. The first-order valence-electron chi connectivity index (χ1n) is 8.66. The van der Waals surface area contributed by atoms with Crippen molar-refractivity contribution in [3.63, 3.8) is 0 Å². The van der Waals surface area contributed by atoms with Gasteiger partial charge in [-0.3, -0.25) is 9.69 Å². The Morgan fingerprint density at radius 3 is 2.65 bits per heavy atom. The lowest BCUT2D eigenvalue weighted by molar-refractivity contribution is -0.139. The third kappa shape index (κ3) is 4.09. The van der Waals surface area contributed by atoms with E-state index in [1.165, 1.54) is 12.1 Å². The molecule has 2 aliphatic heterocycles. The van der Waals surface area contributed by atoms with E-state index in [9.17, 15) is 9.18 Å². The van der Waals surface area contributed by atoms with Crippen LogP contribution in [0.5, 0.6) is 0 Å². The first kappa shape index (κ1) is 16.4. The summed E-state index contributed by atoms with van der Waals surface area (Å²) in [6, 6.07) is 6.64. The molecule has 0 aromatic heterocycles. The number of nitrogens with zero attached hydrogens (tertiary/aromatic N) is 2. The zero-order valence-electron chi connectivity index (χ0n) is 13.6. The van der Waals surface area contributed by atoms with E-state index >= 15 is 0 Å². The lowest BCUT2D eigenvalue weighted by Crippen LogP contribution is -2.54. The smallest absolute Gasteiger partial charge is 0.239 e. The second-order valence-corrected chi connectivity index (χ2v) is 6.80. The van der Waals surface area contributed by atoms with Gasteiger partial charge in [-0.1, -0.05) is 18.6 Å². The van der Waals surface area contributed by atoms with Crippen molar-refractivity contribution in [1.82, 2.24) is 9.80 Å². The molecular weight excluding hydrogens is 293 g/mol. The molecular formula is C18H26FN3O. The zero-order valence-corrected chi connectivity index (χ0v) is 13.6. The Morgan fingerprint density at radius 2 is 1.91 bits per heavy atom. The van der Waals surface area contributed by atoms with Crippen molar-refractivity contribution >= 4 is 5.91 Å². The number of benzene rings is 1. The summed E-state index contributed by atoms with van der Waals surface area (Å²) in [5.74, 6) is 0.00397. The highest BCUT2D eigenvalue weighted by Gasteiger charge is 2.33. The molecule has 1 aromatic carbocycles.